The highest BCUT2D eigenvalue weighted by molar-refractivity contribution is 5.29. The molecule has 0 N–H and O–H groups in total. The molecule has 2 aliphatic rings. The minimum atomic E-state index is -1.58. The molecule has 2 bridgehead atoms. The van der Waals surface area contributed by atoms with Gasteiger partial charge >= 0.3 is 5.54 Å². The largest absolute Gasteiger partial charge is 1.00 e. The number of piperidine rings is 1. The zero-order valence-electron chi connectivity index (χ0n) is 14.1. The van der Waals surface area contributed by atoms with E-state index in [0.717, 1.165) is 0 Å². The average molecular weight is 461 g/mol. The Hall–Kier alpha value is -1.75. The second-order valence-corrected chi connectivity index (χ2v) is 7.39. The quantitative estimate of drug-likeness (QED) is 0.245. The van der Waals surface area contributed by atoms with Gasteiger partial charge in [-0.1, -0.05) is 18.2 Å². The van der Waals surface area contributed by atoms with Crippen molar-refractivity contribution in [2.75, 3.05) is 27.2 Å². The van der Waals surface area contributed by atoms with Crippen molar-refractivity contribution < 1.29 is 43.0 Å². The third-order valence-electron chi connectivity index (χ3n) is 4.87. The van der Waals surface area contributed by atoms with Crippen LogP contribution >= 0.6 is 0 Å². The summed E-state index contributed by atoms with van der Waals surface area (Å²) in [6, 6.07) is 8.81. The van der Waals surface area contributed by atoms with Gasteiger partial charge in [0.25, 0.3) is 5.54 Å². The molecular weight excluding hydrogens is 441 g/mol. The molecule has 1 saturated heterocycles. The Labute approximate surface area is 162 Å². The number of rotatable bonds is 4. The molecule has 9 heteroatoms. The van der Waals surface area contributed by atoms with Crippen LogP contribution in [-0.4, -0.2) is 52.6 Å². The Balaban J connectivity index is 0.00000225. The smallest absolute Gasteiger partial charge is 0.332 e. The summed E-state index contributed by atoms with van der Waals surface area (Å²) in [6.07, 6.45) is 1.54. The number of ether oxygens (including phenoxy) is 1. The normalized spacial score (nSPS) is 29.8. The summed E-state index contributed by atoms with van der Waals surface area (Å²) in [6.45, 7) is 0.430. The van der Waals surface area contributed by atoms with Crippen molar-refractivity contribution in [2.45, 2.75) is 23.9 Å². The lowest BCUT2D eigenvalue weighted by molar-refractivity contribution is -0.934. The fraction of sp³-hybridized carbons (Fsp3) is 0.500. The van der Waals surface area contributed by atoms with Crippen LogP contribution in [0.15, 0.2) is 42.2 Å². The van der Waals surface area contributed by atoms with Crippen molar-refractivity contribution in [3.8, 4) is 5.75 Å². The first-order valence-corrected chi connectivity index (χ1v) is 7.74. The summed E-state index contributed by atoms with van der Waals surface area (Å²) in [5.41, 5.74) is -2.90. The highest BCUT2D eigenvalue weighted by atomic mass is 127. The van der Waals surface area contributed by atoms with Crippen molar-refractivity contribution in [2.24, 2.45) is 0 Å². The molecule has 0 amide bonds. The van der Waals surface area contributed by atoms with Crippen LogP contribution in [0.1, 0.15) is 12.8 Å². The number of likely N-dealkylation sites (N-methyl/N-ethyl adjacent to an activating group) is 1. The van der Waals surface area contributed by atoms with Crippen LogP contribution < -0.4 is 28.7 Å². The van der Waals surface area contributed by atoms with Gasteiger partial charge in [0.15, 0.2) is 18.8 Å². The van der Waals surface area contributed by atoms with E-state index in [0.29, 0.717) is 5.75 Å². The van der Waals surface area contributed by atoms with Crippen LogP contribution in [0.3, 0.4) is 0 Å². The molecule has 1 aromatic carbocycles. The molecular formula is C16H20IN3O5. The first-order chi connectivity index (χ1) is 11.2. The van der Waals surface area contributed by atoms with Crippen molar-refractivity contribution in [3.63, 3.8) is 0 Å². The van der Waals surface area contributed by atoms with Gasteiger partial charge in [-0.3, -0.25) is 20.2 Å². The van der Waals surface area contributed by atoms with Gasteiger partial charge in [-0.2, -0.15) is 0 Å². The Morgan fingerprint density at radius 2 is 1.72 bits per heavy atom. The molecule has 25 heavy (non-hydrogen) atoms. The fourth-order valence-corrected chi connectivity index (χ4v) is 4.15. The van der Waals surface area contributed by atoms with Crippen LogP contribution in [0, 0.1) is 20.2 Å². The summed E-state index contributed by atoms with van der Waals surface area (Å²) in [5, 5.41) is 23.7. The van der Waals surface area contributed by atoms with Crippen molar-refractivity contribution in [3.05, 3.63) is 62.4 Å². The number of likely N-dealkylation sites (tertiary alicyclic amines) is 1. The van der Waals surface area contributed by atoms with Crippen LogP contribution in [0.25, 0.3) is 0 Å². The molecule has 0 saturated carbocycles. The highest BCUT2D eigenvalue weighted by Crippen LogP contribution is 2.46. The molecule has 3 rings (SSSR count). The third kappa shape index (κ3) is 3.34. The van der Waals surface area contributed by atoms with E-state index < -0.39 is 16.0 Å². The van der Waals surface area contributed by atoms with Crippen molar-refractivity contribution >= 4 is 0 Å². The lowest BCUT2D eigenvalue weighted by Crippen LogP contribution is -3.00. The number of nitrogens with zero attached hydrogens (tertiary/aromatic N) is 3. The second kappa shape index (κ2) is 6.52. The summed E-state index contributed by atoms with van der Waals surface area (Å²) in [5.74, 6) is 0.705. The first-order valence-electron chi connectivity index (χ1n) is 7.74. The van der Waals surface area contributed by atoms with Gasteiger partial charge in [0.05, 0.1) is 14.1 Å². The molecule has 2 unspecified atom stereocenters. The third-order valence-corrected chi connectivity index (χ3v) is 4.87. The summed E-state index contributed by atoms with van der Waals surface area (Å²) < 4.78 is 6.02. The van der Waals surface area contributed by atoms with Gasteiger partial charge in [0.2, 0.25) is 0 Å². The lowest BCUT2D eigenvalue weighted by Gasteiger charge is -2.47. The zero-order chi connectivity index (χ0) is 17.6. The number of fused-ring (bicyclic) bond motifs is 2. The van der Waals surface area contributed by atoms with E-state index >= 15 is 0 Å². The molecule has 0 aromatic heterocycles. The Morgan fingerprint density at radius 3 is 2.28 bits per heavy atom. The lowest BCUT2D eigenvalue weighted by atomic mass is 9.70. The van der Waals surface area contributed by atoms with Crippen LogP contribution in [0.2, 0.25) is 0 Å². The van der Waals surface area contributed by atoms with Gasteiger partial charge in [-0.25, -0.2) is 0 Å². The van der Waals surface area contributed by atoms with E-state index in [1.165, 1.54) is 0 Å². The van der Waals surface area contributed by atoms with E-state index in [9.17, 15) is 20.2 Å². The molecule has 1 fully saturated rings. The van der Waals surface area contributed by atoms with E-state index in [-0.39, 0.29) is 65.1 Å². The predicted molar refractivity (Wildman–Crippen MR) is 85.7 cm³/mol. The Morgan fingerprint density at radius 1 is 1.08 bits per heavy atom. The molecule has 0 spiro atoms. The molecule has 1 aliphatic heterocycles. The molecule has 2 atom stereocenters. The maximum atomic E-state index is 12.0. The molecule has 1 aromatic rings. The molecule has 136 valence electrons. The zero-order valence-corrected chi connectivity index (χ0v) is 16.2. The van der Waals surface area contributed by atoms with Crippen LogP contribution in [0.5, 0.6) is 5.75 Å². The molecule has 8 nitrogen and oxygen atoms in total. The summed E-state index contributed by atoms with van der Waals surface area (Å²) in [4.78, 5) is 22.9. The Bertz CT molecular complexity index is 724. The van der Waals surface area contributed by atoms with Gasteiger partial charge < -0.3 is 33.2 Å². The van der Waals surface area contributed by atoms with Crippen molar-refractivity contribution in [1.29, 1.82) is 0 Å². The van der Waals surface area contributed by atoms with E-state index in [4.69, 9.17) is 4.74 Å². The number of benzene rings is 1. The predicted octanol–water partition coefficient (Wildman–Crippen LogP) is -1.13. The van der Waals surface area contributed by atoms with Crippen molar-refractivity contribution in [1.82, 2.24) is 0 Å². The minimum absolute atomic E-state index is 0. The number of hydrogen-bond acceptors (Lipinski definition) is 5. The highest BCUT2D eigenvalue weighted by Gasteiger charge is 2.71. The monoisotopic (exact) mass is 461 g/mol. The summed E-state index contributed by atoms with van der Waals surface area (Å²) >= 11 is 0. The number of quaternary nitrogens is 1. The van der Waals surface area contributed by atoms with E-state index in [1.807, 2.05) is 6.07 Å². The van der Waals surface area contributed by atoms with Gasteiger partial charge in [0, 0.05) is 16.3 Å². The SMILES string of the molecule is C[N+]1(C)CC2([N+](=O)[O-])CC=C(Oc3ccccc3)C([N+](=O)[O-])(C2)C1.[I-]. The number of hydrogen-bond donors (Lipinski definition) is 0. The second-order valence-electron chi connectivity index (χ2n) is 7.39. The summed E-state index contributed by atoms with van der Waals surface area (Å²) in [7, 11) is 3.59. The molecule has 0 radical (unpaired) electrons. The van der Waals surface area contributed by atoms with Gasteiger partial charge in [-0.15, -0.1) is 0 Å². The maximum Gasteiger partial charge on any atom is 0.332 e. The minimum Gasteiger partial charge on any atom is -1.00 e. The number of para-hydroxylation sites is 1. The first kappa shape index (κ1) is 19.6. The van der Waals surface area contributed by atoms with E-state index in [2.05, 4.69) is 0 Å². The van der Waals surface area contributed by atoms with Crippen LogP contribution in [-0.2, 0) is 0 Å². The molecule has 1 aliphatic carbocycles. The number of nitro groups is 2. The maximum absolute atomic E-state index is 12.0. The fourth-order valence-electron chi connectivity index (χ4n) is 4.15. The Kier molecular flexibility index (Phi) is 5.11. The molecule has 1 heterocycles. The van der Waals surface area contributed by atoms with E-state index in [1.54, 1.807) is 44.4 Å². The number of halogens is 1. The van der Waals surface area contributed by atoms with Gasteiger partial charge in [-0.05, 0) is 18.2 Å². The van der Waals surface area contributed by atoms with Crippen LogP contribution in [0.4, 0.5) is 0 Å². The average Bonchev–Trinajstić information content (AvgIpc) is 2.49. The standard InChI is InChI=1S/C16H20N3O5.HI/c1-19(2)11-15(17(20)21)9-8-14(16(10-15,12-19)18(22)23)24-13-6-4-3-5-7-13;/h3-8H,9-12H2,1-2H3;1H/q+1;/p-1. The van der Waals surface area contributed by atoms with Gasteiger partial charge in [0.1, 0.15) is 12.2 Å². The topological polar surface area (TPSA) is 95.5 Å².